The van der Waals surface area contributed by atoms with Crippen molar-refractivity contribution in [3.8, 4) is 0 Å². The van der Waals surface area contributed by atoms with Gasteiger partial charge in [0.15, 0.2) is 0 Å². The lowest BCUT2D eigenvalue weighted by atomic mass is 10.5. The summed E-state index contributed by atoms with van der Waals surface area (Å²) in [6.45, 7) is 4.38. The Labute approximate surface area is 119 Å². The molecular formula is C8H23O9PSi2. The van der Waals surface area contributed by atoms with Crippen LogP contribution in [0.3, 0.4) is 0 Å². The van der Waals surface area contributed by atoms with Crippen LogP contribution in [-0.4, -0.2) is 64.0 Å². The van der Waals surface area contributed by atoms with Crippen LogP contribution in [-0.2, 0) is 13.6 Å². The van der Waals surface area contributed by atoms with Crippen molar-refractivity contribution in [1.29, 1.82) is 0 Å². The van der Waals surface area contributed by atoms with Gasteiger partial charge in [-0.05, 0) is 12.8 Å². The molecule has 0 amide bonds. The predicted molar refractivity (Wildman–Crippen MR) is 73.3 cm³/mol. The summed E-state index contributed by atoms with van der Waals surface area (Å²) in [6, 6.07) is 0. The molecule has 0 aliphatic heterocycles. The molecule has 122 valence electrons. The zero-order valence-corrected chi connectivity index (χ0v) is 14.5. The molecular weight excluding hydrogens is 327 g/mol. The molecule has 0 aliphatic carbocycles. The van der Waals surface area contributed by atoms with E-state index in [-0.39, 0.29) is 19.0 Å². The summed E-state index contributed by atoms with van der Waals surface area (Å²) in [4.78, 5) is 55.2. The smallest absolute Gasteiger partial charge is 0.388 e. The average molecular weight is 350 g/mol. The summed E-state index contributed by atoms with van der Waals surface area (Å²) in [5.41, 5.74) is -2.95. The van der Waals surface area contributed by atoms with Gasteiger partial charge in [0.05, 0.1) is 0 Å². The maximum absolute atomic E-state index is 12.3. The monoisotopic (exact) mass is 350 g/mol. The van der Waals surface area contributed by atoms with Crippen molar-refractivity contribution in [2.24, 2.45) is 0 Å². The minimum Gasteiger partial charge on any atom is -0.388 e. The minimum atomic E-state index is -4.67. The van der Waals surface area contributed by atoms with Crippen LogP contribution in [0.15, 0.2) is 0 Å². The average Bonchev–Trinajstić information content (AvgIpc) is 2.30. The summed E-state index contributed by atoms with van der Waals surface area (Å²) in [5.74, 6) is 0. The molecule has 0 heterocycles. The SMILES string of the molecule is CCC(OP(=O)(CC)OC(CC)[Si](O)(O)O)[Si](O)(O)O. The maximum Gasteiger partial charge on any atom is 0.523 e. The lowest BCUT2D eigenvalue weighted by molar-refractivity contribution is 0.0803. The Balaban J connectivity index is 5.07. The number of hydrogen-bond acceptors (Lipinski definition) is 9. The Morgan fingerprint density at radius 2 is 1.15 bits per heavy atom. The summed E-state index contributed by atoms with van der Waals surface area (Å²) in [7, 11) is -13.3. The van der Waals surface area contributed by atoms with E-state index in [1.54, 1.807) is 0 Å². The molecule has 0 fully saturated rings. The molecule has 2 unspecified atom stereocenters. The number of rotatable bonds is 9. The molecule has 12 heteroatoms. The quantitative estimate of drug-likeness (QED) is 0.220. The van der Waals surface area contributed by atoms with E-state index < -0.39 is 36.7 Å². The van der Waals surface area contributed by atoms with Gasteiger partial charge in [0, 0.05) is 6.16 Å². The van der Waals surface area contributed by atoms with Crippen LogP contribution in [0.1, 0.15) is 33.6 Å². The molecule has 0 saturated heterocycles. The van der Waals surface area contributed by atoms with Gasteiger partial charge in [0.25, 0.3) is 0 Å². The second-order valence-corrected chi connectivity index (χ2v) is 10.6. The highest BCUT2D eigenvalue weighted by Crippen LogP contribution is 2.51. The fraction of sp³-hybridized carbons (Fsp3) is 1.00. The molecule has 2 atom stereocenters. The standard InChI is InChI=1S/C8H23O9PSi2/c1-4-7(19(10,11)12)16-18(9,6-3)17-8(5-2)20(13,14)15/h7-8,10-15H,4-6H2,1-3H3. The third kappa shape index (κ3) is 6.41. The van der Waals surface area contributed by atoms with Gasteiger partial charge in [-0.1, -0.05) is 20.8 Å². The molecule has 0 rings (SSSR count). The van der Waals surface area contributed by atoms with E-state index in [0.29, 0.717) is 0 Å². The van der Waals surface area contributed by atoms with Gasteiger partial charge in [0.2, 0.25) is 0 Å². The normalized spacial score (nSPS) is 19.4. The van der Waals surface area contributed by atoms with Gasteiger partial charge >= 0.3 is 25.2 Å². The second-order valence-electron chi connectivity index (χ2n) is 4.31. The van der Waals surface area contributed by atoms with Crippen LogP contribution < -0.4 is 0 Å². The van der Waals surface area contributed by atoms with Crippen molar-refractivity contribution in [3.05, 3.63) is 0 Å². The van der Waals surface area contributed by atoms with Gasteiger partial charge < -0.3 is 37.8 Å². The Morgan fingerprint density at radius 1 is 0.850 bits per heavy atom. The van der Waals surface area contributed by atoms with Crippen molar-refractivity contribution < 1.29 is 42.4 Å². The van der Waals surface area contributed by atoms with Crippen LogP contribution in [0.4, 0.5) is 0 Å². The molecule has 0 aliphatic rings. The molecule has 0 aromatic rings. The first-order valence-corrected chi connectivity index (χ1v) is 11.8. The van der Waals surface area contributed by atoms with Crippen LogP contribution in [0.25, 0.3) is 0 Å². The fourth-order valence-electron chi connectivity index (χ4n) is 1.40. The minimum absolute atomic E-state index is 0.0280. The Bertz CT molecular complexity index is 312. The first kappa shape index (κ1) is 20.3. The topological polar surface area (TPSA) is 157 Å². The van der Waals surface area contributed by atoms with E-state index in [0.717, 1.165) is 0 Å². The van der Waals surface area contributed by atoms with Crippen LogP contribution in [0.5, 0.6) is 0 Å². The maximum atomic E-state index is 12.3. The van der Waals surface area contributed by atoms with E-state index in [9.17, 15) is 33.3 Å². The van der Waals surface area contributed by atoms with Gasteiger partial charge in [-0.2, -0.15) is 0 Å². The van der Waals surface area contributed by atoms with Crippen molar-refractivity contribution in [3.63, 3.8) is 0 Å². The Kier molecular flexibility index (Phi) is 7.69. The lowest BCUT2D eigenvalue weighted by Crippen LogP contribution is -2.51. The van der Waals surface area contributed by atoms with Crippen molar-refractivity contribution in [2.45, 2.75) is 45.1 Å². The lowest BCUT2D eigenvalue weighted by Gasteiger charge is -2.30. The predicted octanol–water partition coefficient (Wildman–Crippen LogP) is -1.30. The molecule has 20 heavy (non-hydrogen) atoms. The third-order valence-corrected chi connectivity index (χ3v) is 7.67. The molecule has 0 radical (unpaired) electrons. The van der Waals surface area contributed by atoms with Crippen LogP contribution in [0, 0.1) is 0 Å². The van der Waals surface area contributed by atoms with Gasteiger partial charge in [-0.3, -0.25) is 4.57 Å². The van der Waals surface area contributed by atoms with E-state index >= 15 is 0 Å². The highest BCUT2D eigenvalue weighted by molar-refractivity contribution is 7.54. The van der Waals surface area contributed by atoms with Crippen molar-refractivity contribution >= 4 is 25.2 Å². The van der Waals surface area contributed by atoms with Crippen molar-refractivity contribution in [2.75, 3.05) is 6.16 Å². The van der Waals surface area contributed by atoms with E-state index in [2.05, 4.69) is 0 Å². The highest BCUT2D eigenvalue weighted by Gasteiger charge is 2.47. The molecule has 0 bridgehead atoms. The van der Waals surface area contributed by atoms with Crippen LogP contribution in [0.2, 0.25) is 0 Å². The Morgan fingerprint density at radius 3 is 1.30 bits per heavy atom. The van der Waals surface area contributed by atoms with Gasteiger partial charge in [0.1, 0.15) is 11.5 Å². The first-order chi connectivity index (χ1) is 8.89. The molecule has 0 saturated carbocycles. The third-order valence-electron chi connectivity index (χ3n) is 2.57. The van der Waals surface area contributed by atoms with E-state index in [4.69, 9.17) is 9.05 Å². The summed E-state index contributed by atoms with van der Waals surface area (Å²) >= 11 is 0. The molecule has 0 spiro atoms. The van der Waals surface area contributed by atoms with E-state index in [1.807, 2.05) is 0 Å². The largest absolute Gasteiger partial charge is 0.523 e. The summed E-state index contributed by atoms with van der Waals surface area (Å²) in [5, 5.41) is 0. The summed E-state index contributed by atoms with van der Waals surface area (Å²) < 4.78 is 22.3. The van der Waals surface area contributed by atoms with E-state index in [1.165, 1.54) is 20.8 Å². The molecule has 0 aromatic heterocycles. The first-order valence-electron chi connectivity index (χ1n) is 6.19. The van der Waals surface area contributed by atoms with Gasteiger partial charge in [-0.25, -0.2) is 0 Å². The Hall–Kier alpha value is 0.344. The van der Waals surface area contributed by atoms with Crippen LogP contribution >= 0.6 is 7.60 Å². The molecule has 6 N–H and O–H groups in total. The molecule has 9 nitrogen and oxygen atoms in total. The molecule has 0 aromatic carbocycles. The highest BCUT2D eigenvalue weighted by atomic mass is 31.2. The second kappa shape index (κ2) is 7.56. The summed E-state index contributed by atoms with van der Waals surface area (Å²) in [6.07, 6.45) is -0.255. The zero-order chi connectivity index (χ0) is 16.2. The number of hydrogen-bond donors (Lipinski definition) is 6. The fourth-order valence-corrected chi connectivity index (χ4v) is 6.01. The van der Waals surface area contributed by atoms with Gasteiger partial charge in [-0.15, -0.1) is 0 Å². The zero-order valence-electron chi connectivity index (χ0n) is 11.6. The van der Waals surface area contributed by atoms with Crippen molar-refractivity contribution in [1.82, 2.24) is 0 Å².